The number of aryl methyl sites for hydroxylation is 1. The van der Waals surface area contributed by atoms with Gasteiger partial charge in [-0.1, -0.05) is 0 Å². The Morgan fingerprint density at radius 3 is 2.44 bits per heavy atom. The predicted octanol–water partition coefficient (Wildman–Crippen LogP) is 1.26. The summed E-state index contributed by atoms with van der Waals surface area (Å²) in [5, 5.41) is 3.54. The van der Waals surface area contributed by atoms with Crippen LogP contribution in [-0.4, -0.2) is 69.0 Å². The fourth-order valence-electron chi connectivity index (χ4n) is 4.03. The van der Waals surface area contributed by atoms with Crippen LogP contribution in [0.5, 0.6) is 0 Å². The van der Waals surface area contributed by atoms with Crippen molar-refractivity contribution in [2.24, 2.45) is 12.5 Å². The van der Waals surface area contributed by atoms with Crippen LogP contribution in [0.25, 0.3) is 0 Å². The van der Waals surface area contributed by atoms with E-state index in [-0.39, 0.29) is 10.4 Å². The van der Waals surface area contributed by atoms with Crippen molar-refractivity contribution in [3.63, 3.8) is 0 Å². The quantitative estimate of drug-likeness (QED) is 0.742. The predicted molar refractivity (Wildman–Crippen MR) is 84.0 cm³/mol. The van der Waals surface area contributed by atoms with E-state index in [1.165, 1.54) is 7.05 Å². The van der Waals surface area contributed by atoms with Gasteiger partial charge in [-0.3, -0.25) is 4.90 Å². The average Bonchev–Trinajstić information content (AvgIpc) is 2.87. The second kappa shape index (κ2) is 6.12. The van der Waals surface area contributed by atoms with E-state index in [1.807, 2.05) is 0 Å². The molecule has 0 radical (unpaired) electrons. The number of ether oxygens (including phenoxy) is 1. The molecule has 0 amide bonds. The van der Waals surface area contributed by atoms with E-state index in [0.29, 0.717) is 19.1 Å². The van der Waals surface area contributed by atoms with Gasteiger partial charge in [0, 0.05) is 50.9 Å². The SMILES string of the molecule is Cn1nc(C(F)(F)F)cc1[S+]([O-])N1CC2(CN(C3CCOCC3)C2)C1. The van der Waals surface area contributed by atoms with Gasteiger partial charge in [0.1, 0.15) is 11.4 Å². The van der Waals surface area contributed by atoms with Crippen LogP contribution in [0.2, 0.25) is 0 Å². The van der Waals surface area contributed by atoms with Gasteiger partial charge < -0.3 is 9.29 Å². The molecule has 4 heterocycles. The van der Waals surface area contributed by atoms with Crippen molar-refractivity contribution in [2.75, 3.05) is 39.4 Å². The molecule has 1 aromatic heterocycles. The number of likely N-dealkylation sites (tertiary alicyclic amines) is 1. The van der Waals surface area contributed by atoms with Crippen molar-refractivity contribution in [3.8, 4) is 0 Å². The third-order valence-electron chi connectivity index (χ3n) is 5.35. The molecule has 0 aromatic carbocycles. The number of hydrogen-bond acceptors (Lipinski definition) is 5. The summed E-state index contributed by atoms with van der Waals surface area (Å²) in [4.78, 5) is 2.45. The molecule has 3 fully saturated rings. The van der Waals surface area contributed by atoms with E-state index in [1.54, 1.807) is 4.31 Å². The summed E-state index contributed by atoms with van der Waals surface area (Å²) >= 11 is -1.60. The second-order valence-electron chi connectivity index (χ2n) is 7.28. The minimum atomic E-state index is -4.52. The summed E-state index contributed by atoms with van der Waals surface area (Å²) < 4.78 is 59.0. The Kier molecular flexibility index (Phi) is 4.31. The molecule has 1 spiro atoms. The molecule has 4 rings (SSSR count). The summed E-state index contributed by atoms with van der Waals surface area (Å²) in [5.41, 5.74) is -0.845. The molecule has 0 aliphatic carbocycles. The van der Waals surface area contributed by atoms with Gasteiger partial charge in [0.2, 0.25) is 0 Å². The number of alkyl halides is 3. The lowest BCUT2D eigenvalue weighted by molar-refractivity contribution is -0.141. The molecule has 3 aliphatic heterocycles. The Morgan fingerprint density at radius 2 is 1.88 bits per heavy atom. The first-order valence-corrected chi connectivity index (χ1v) is 9.48. The lowest BCUT2D eigenvalue weighted by Crippen LogP contribution is -2.74. The summed E-state index contributed by atoms with van der Waals surface area (Å²) in [6.45, 7) is 4.89. The van der Waals surface area contributed by atoms with Crippen LogP contribution in [0.3, 0.4) is 0 Å². The monoisotopic (exact) mass is 378 g/mol. The summed E-state index contributed by atoms with van der Waals surface area (Å²) in [7, 11) is 1.40. The molecule has 0 saturated carbocycles. The van der Waals surface area contributed by atoms with Gasteiger partial charge in [-0.15, -0.1) is 4.31 Å². The van der Waals surface area contributed by atoms with Gasteiger partial charge in [0.05, 0.1) is 13.1 Å². The molecule has 140 valence electrons. The first kappa shape index (κ1) is 17.6. The molecule has 3 aliphatic rings. The number of nitrogens with zero attached hydrogens (tertiary/aromatic N) is 4. The fourth-order valence-corrected chi connectivity index (χ4v) is 5.55. The van der Waals surface area contributed by atoms with Gasteiger partial charge in [0.25, 0.3) is 5.03 Å². The minimum Gasteiger partial charge on any atom is -0.592 e. The first-order valence-electron chi connectivity index (χ1n) is 8.37. The fraction of sp³-hybridized carbons (Fsp3) is 0.800. The maximum Gasteiger partial charge on any atom is 0.435 e. The molecular formula is C15H21F3N4O2S. The molecule has 3 saturated heterocycles. The zero-order valence-electron chi connectivity index (χ0n) is 14.0. The largest absolute Gasteiger partial charge is 0.592 e. The van der Waals surface area contributed by atoms with Crippen LogP contribution >= 0.6 is 0 Å². The Hall–Kier alpha value is -0.810. The van der Waals surface area contributed by atoms with E-state index in [2.05, 4.69) is 10.00 Å². The van der Waals surface area contributed by atoms with Gasteiger partial charge in [-0.25, -0.2) is 4.68 Å². The Labute approximate surface area is 147 Å². The normalized spacial score (nSPS) is 26.4. The molecular weight excluding hydrogens is 357 g/mol. The zero-order valence-corrected chi connectivity index (χ0v) is 14.8. The van der Waals surface area contributed by atoms with Crippen molar-refractivity contribution in [3.05, 3.63) is 11.8 Å². The van der Waals surface area contributed by atoms with Crippen molar-refractivity contribution in [2.45, 2.75) is 30.1 Å². The molecule has 10 heteroatoms. The standard InChI is InChI=1S/C15H21F3N4O2S/c1-20-13(6-12(19-20)15(16,17)18)25(23)22-9-14(10-22)7-21(8-14)11-2-4-24-5-3-11/h6,11H,2-5,7-10H2,1H3. The third kappa shape index (κ3) is 3.18. The van der Waals surface area contributed by atoms with Crippen LogP contribution in [0.4, 0.5) is 13.2 Å². The van der Waals surface area contributed by atoms with E-state index in [9.17, 15) is 17.7 Å². The summed E-state index contributed by atoms with van der Waals surface area (Å²) in [6, 6.07) is 1.46. The van der Waals surface area contributed by atoms with Crippen LogP contribution in [0, 0.1) is 5.41 Å². The number of rotatable bonds is 3. The highest BCUT2D eigenvalue weighted by Crippen LogP contribution is 2.44. The van der Waals surface area contributed by atoms with Gasteiger partial charge in [-0.05, 0) is 12.8 Å². The van der Waals surface area contributed by atoms with Crippen molar-refractivity contribution >= 4 is 11.4 Å². The molecule has 1 aromatic rings. The van der Waals surface area contributed by atoms with Crippen molar-refractivity contribution < 1.29 is 22.5 Å². The van der Waals surface area contributed by atoms with Crippen LogP contribution in [0.1, 0.15) is 18.5 Å². The molecule has 0 bridgehead atoms. The van der Waals surface area contributed by atoms with Gasteiger partial charge >= 0.3 is 6.18 Å². The summed E-state index contributed by atoms with van der Waals surface area (Å²) in [5.74, 6) is 0. The Balaban J connectivity index is 1.33. The van der Waals surface area contributed by atoms with E-state index in [4.69, 9.17) is 4.74 Å². The van der Waals surface area contributed by atoms with Crippen molar-refractivity contribution in [1.82, 2.24) is 19.0 Å². The summed E-state index contributed by atoms with van der Waals surface area (Å²) in [6.07, 6.45) is -2.41. The lowest BCUT2D eigenvalue weighted by atomic mass is 9.73. The van der Waals surface area contributed by atoms with E-state index >= 15 is 0 Å². The lowest BCUT2D eigenvalue weighted by Gasteiger charge is -2.60. The highest BCUT2D eigenvalue weighted by atomic mass is 32.2. The van der Waals surface area contributed by atoms with Gasteiger partial charge in [-0.2, -0.15) is 18.3 Å². The van der Waals surface area contributed by atoms with E-state index < -0.39 is 23.2 Å². The maximum absolute atomic E-state index is 12.7. The van der Waals surface area contributed by atoms with Crippen LogP contribution < -0.4 is 0 Å². The Bertz CT molecular complexity index is 633. The first-order chi connectivity index (χ1) is 11.8. The average molecular weight is 378 g/mol. The third-order valence-corrected chi connectivity index (χ3v) is 6.82. The number of halogens is 3. The second-order valence-corrected chi connectivity index (χ2v) is 8.72. The van der Waals surface area contributed by atoms with Crippen LogP contribution in [-0.2, 0) is 29.3 Å². The highest BCUT2D eigenvalue weighted by Gasteiger charge is 2.57. The number of hydrogen-bond donors (Lipinski definition) is 0. The molecule has 1 unspecified atom stereocenters. The minimum absolute atomic E-state index is 0.0998. The maximum atomic E-state index is 12.7. The van der Waals surface area contributed by atoms with E-state index in [0.717, 1.165) is 49.9 Å². The smallest absolute Gasteiger partial charge is 0.435 e. The van der Waals surface area contributed by atoms with Crippen molar-refractivity contribution in [1.29, 1.82) is 0 Å². The number of aromatic nitrogens is 2. The molecule has 6 nitrogen and oxygen atoms in total. The zero-order chi connectivity index (χ0) is 17.8. The molecule has 1 atom stereocenters. The van der Waals surface area contributed by atoms with Crippen LogP contribution in [0.15, 0.2) is 11.1 Å². The van der Waals surface area contributed by atoms with Gasteiger partial charge in [0.15, 0.2) is 5.69 Å². The molecule has 25 heavy (non-hydrogen) atoms. The Morgan fingerprint density at radius 1 is 1.24 bits per heavy atom. The topological polar surface area (TPSA) is 56.6 Å². The molecule has 0 N–H and O–H groups in total. The highest BCUT2D eigenvalue weighted by molar-refractivity contribution is 7.89.